The molecule has 6 nitrogen and oxygen atoms in total. The van der Waals surface area contributed by atoms with E-state index in [2.05, 4.69) is 9.46 Å². The van der Waals surface area contributed by atoms with Crippen molar-refractivity contribution >= 4 is 16.0 Å². The van der Waals surface area contributed by atoms with Gasteiger partial charge in [0, 0.05) is 12.1 Å². The molecule has 1 saturated carbocycles. The fourth-order valence-corrected chi connectivity index (χ4v) is 3.18. The minimum atomic E-state index is -3.71. The van der Waals surface area contributed by atoms with Gasteiger partial charge >= 0.3 is 5.97 Å². The zero-order valence-corrected chi connectivity index (χ0v) is 11.8. The van der Waals surface area contributed by atoms with Gasteiger partial charge in [0.1, 0.15) is 0 Å². The molecule has 1 aliphatic rings. The number of methoxy groups -OCH3 is 1. The number of carbonyl (C=O) groups is 1. The molecule has 0 aromatic heterocycles. The molecule has 1 rings (SSSR count). The maximum absolute atomic E-state index is 11.8. The van der Waals surface area contributed by atoms with E-state index in [0.717, 1.165) is 32.1 Å². The van der Waals surface area contributed by atoms with Crippen molar-refractivity contribution in [3.8, 4) is 0 Å². The van der Waals surface area contributed by atoms with Crippen LogP contribution in [0.25, 0.3) is 0 Å². The molecule has 0 bridgehead atoms. The van der Waals surface area contributed by atoms with E-state index in [-0.39, 0.29) is 6.54 Å². The molecule has 0 amide bonds. The number of nitrogens with two attached hydrogens (primary N) is 1. The van der Waals surface area contributed by atoms with E-state index in [1.165, 1.54) is 14.0 Å². The molecule has 1 fully saturated rings. The van der Waals surface area contributed by atoms with Crippen molar-refractivity contribution in [3.05, 3.63) is 0 Å². The van der Waals surface area contributed by atoms with Crippen molar-refractivity contribution in [2.24, 2.45) is 5.73 Å². The van der Waals surface area contributed by atoms with Gasteiger partial charge in [-0.3, -0.25) is 4.79 Å². The number of ether oxygens (including phenoxy) is 1. The Balaban J connectivity index is 2.58. The van der Waals surface area contributed by atoms with Crippen LogP contribution in [0.4, 0.5) is 0 Å². The summed E-state index contributed by atoms with van der Waals surface area (Å²) < 4.78 is 30.6. The van der Waals surface area contributed by atoms with Gasteiger partial charge in [0.25, 0.3) is 0 Å². The highest BCUT2D eigenvalue weighted by atomic mass is 32.2. The van der Waals surface area contributed by atoms with Gasteiger partial charge in [0.2, 0.25) is 10.0 Å². The first-order valence-electron chi connectivity index (χ1n) is 6.16. The number of nitrogens with one attached hydrogen (secondary N) is 1. The van der Waals surface area contributed by atoms with Crippen LogP contribution in [-0.2, 0) is 19.6 Å². The van der Waals surface area contributed by atoms with Crippen molar-refractivity contribution < 1.29 is 17.9 Å². The zero-order chi connectivity index (χ0) is 13.8. The van der Waals surface area contributed by atoms with E-state index in [0.29, 0.717) is 0 Å². The molecular weight excluding hydrogens is 256 g/mol. The second-order valence-corrected chi connectivity index (χ2v) is 7.04. The monoisotopic (exact) mass is 278 g/mol. The largest absolute Gasteiger partial charge is 0.468 e. The van der Waals surface area contributed by atoms with Crippen LogP contribution in [0.15, 0.2) is 0 Å². The van der Waals surface area contributed by atoms with Crippen molar-refractivity contribution in [1.29, 1.82) is 0 Å². The standard InChI is InChI=1S/C11H22N2O4S/c1-9(10(14)17-2)18(15,16)13-8-11(12)6-4-3-5-7-11/h9,13H,3-8,12H2,1-2H3. The van der Waals surface area contributed by atoms with Crippen LogP contribution < -0.4 is 10.5 Å². The van der Waals surface area contributed by atoms with E-state index in [9.17, 15) is 13.2 Å². The summed E-state index contributed by atoms with van der Waals surface area (Å²) in [5.74, 6) is -0.766. The summed E-state index contributed by atoms with van der Waals surface area (Å²) in [6, 6.07) is 0. The summed E-state index contributed by atoms with van der Waals surface area (Å²) in [4.78, 5) is 11.2. The van der Waals surface area contributed by atoms with Crippen molar-refractivity contribution in [2.45, 2.75) is 49.8 Å². The van der Waals surface area contributed by atoms with E-state index < -0.39 is 26.8 Å². The first-order chi connectivity index (χ1) is 8.31. The predicted molar refractivity (Wildman–Crippen MR) is 68.4 cm³/mol. The lowest BCUT2D eigenvalue weighted by atomic mass is 9.83. The Hall–Kier alpha value is -0.660. The third-order valence-corrected chi connectivity index (χ3v) is 5.14. The van der Waals surface area contributed by atoms with Crippen LogP contribution in [0.3, 0.4) is 0 Å². The molecular formula is C11H22N2O4S. The smallest absolute Gasteiger partial charge is 0.325 e. The van der Waals surface area contributed by atoms with E-state index in [4.69, 9.17) is 5.73 Å². The van der Waals surface area contributed by atoms with Crippen LogP contribution in [0.5, 0.6) is 0 Å². The molecule has 3 N–H and O–H groups in total. The Morgan fingerprint density at radius 3 is 2.44 bits per heavy atom. The second-order valence-electron chi connectivity index (χ2n) is 4.95. The molecule has 7 heteroatoms. The molecule has 0 aliphatic heterocycles. The SMILES string of the molecule is COC(=O)C(C)S(=O)(=O)NCC1(N)CCCCC1. The van der Waals surface area contributed by atoms with Gasteiger partial charge in [0.15, 0.2) is 5.25 Å². The summed E-state index contributed by atoms with van der Waals surface area (Å²) >= 11 is 0. The minimum absolute atomic E-state index is 0.177. The number of sulfonamides is 1. The Morgan fingerprint density at radius 1 is 1.39 bits per heavy atom. The van der Waals surface area contributed by atoms with Crippen LogP contribution in [-0.4, -0.2) is 38.8 Å². The molecule has 1 unspecified atom stereocenters. The number of hydrogen-bond acceptors (Lipinski definition) is 5. The average molecular weight is 278 g/mol. The molecule has 1 atom stereocenters. The molecule has 18 heavy (non-hydrogen) atoms. The van der Waals surface area contributed by atoms with Crippen LogP contribution in [0, 0.1) is 0 Å². The van der Waals surface area contributed by atoms with Gasteiger partial charge in [-0.1, -0.05) is 19.3 Å². The van der Waals surface area contributed by atoms with Gasteiger partial charge in [-0.25, -0.2) is 13.1 Å². The summed E-state index contributed by atoms with van der Waals surface area (Å²) in [7, 11) is -2.55. The van der Waals surface area contributed by atoms with Crippen molar-refractivity contribution in [3.63, 3.8) is 0 Å². The maximum Gasteiger partial charge on any atom is 0.325 e. The topological polar surface area (TPSA) is 98.5 Å². The van der Waals surface area contributed by atoms with Gasteiger partial charge < -0.3 is 10.5 Å². The fraction of sp³-hybridized carbons (Fsp3) is 0.909. The number of carbonyl (C=O) groups excluding carboxylic acids is 1. The molecule has 0 aromatic rings. The average Bonchev–Trinajstić information content (AvgIpc) is 2.36. The summed E-state index contributed by atoms with van der Waals surface area (Å²) in [6.45, 7) is 1.48. The van der Waals surface area contributed by atoms with E-state index in [1.54, 1.807) is 0 Å². The highest BCUT2D eigenvalue weighted by molar-refractivity contribution is 7.90. The highest BCUT2D eigenvalue weighted by Crippen LogP contribution is 2.25. The molecule has 0 spiro atoms. The minimum Gasteiger partial charge on any atom is -0.468 e. The van der Waals surface area contributed by atoms with Gasteiger partial charge in [0.05, 0.1) is 7.11 Å². The van der Waals surface area contributed by atoms with Gasteiger partial charge in [-0.2, -0.15) is 0 Å². The van der Waals surface area contributed by atoms with Crippen LogP contribution in [0.1, 0.15) is 39.0 Å². The molecule has 0 aromatic carbocycles. The summed E-state index contributed by atoms with van der Waals surface area (Å²) in [5.41, 5.74) is 5.65. The predicted octanol–water partition coefficient (Wildman–Crippen LogP) is 0.129. The third kappa shape index (κ3) is 3.93. The normalized spacial score (nSPS) is 21.3. The third-order valence-electron chi connectivity index (χ3n) is 3.47. The maximum atomic E-state index is 11.8. The lowest BCUT2D eigenvalue weighted by molar-refractivity contribution is -0.139. The zero-order valence-electron chi connectivity index (χ0n) is 10.9. The fourth-order valence-electron chi connectivity index (χ4n) is 2.09. The number of rotatable bonds is 5. The molecule has 0 radical (unpaired) electrons. The van der Waals surface area contributed by atoms with Crippen LogP contribution >= 0.6 is 0 Å². The number of hydrogen-bond donors (Lipinski definition) is 2. The van der Waals surface area contributed by atoms with Gasteiger partial charge in [-0.15, -0.1) is 0 Å². The van der Waals surface area contributed by atoms with Crippen molar-refractivity contribution in [1.82, 2.24) is 4.72 Å². The van der Waals surface area contributed by atoms with E-state index in [1.807, 2.05) is 0 Å². The summed E-state index contributed by atoms with van der Waals surface area (Å²) in [6.07, 6.45) is 4.80. The molecule has 1 aliphatic carbocycles. The molecule has 0 heterocycles. The Bertz CT molecular complexity index is 388. The lowest BCUT2D eigenvalue weighted by Gasteiger charge is -2.33. The van der Waals surface area contributed by atoms with Gasteiger partial charge in [-0.05, 0) is 19.8 Å². The quantitative estimate of drug-likeness (QED) is 0.696. The van der Waals surface area contributed by atoms with Crippen LogP contribution in [0.2, 0.25) is 0 Å². The second kappa shape index (κ2) is 5.99. The first kappa shape index (κ1) is 15.4. The van der Waals surface area contributed by atoms with Crippen molar-refractivity contribution in [2.75, 3.05) is 13.7 Å². The first-order valence-corrected chi connectivity index (χ1v) is 7.70. The summed E-state index contributed by atoms with van der Waals surface area (Å²) in [5, 5.41) is -1.21. The van der Waals surface area contributed by atoms with E-state index >= 15 is 0 Å². The number of esters is 1. The molecule has 0 saturated heterocycles. The Kier molecular flexibility index (Phi) is 5.12. The highest BCUT2D eigenvalue weighted by Gasteiger charge is 2.33. The Labute approximate surface area is 108 Å². The lowest BCUT2D eigenvalue weighted by Crippen LogP contribution is -2.53. The Morgan fingerprint density at radius 2 is 1.94 bits per heavy atom. The molecule has 106 valence electrons.